The Labute approximate surface area is 99.6 Å². The molecule has 0 amide bonds. The van der Waals surface area contributed by atoms with Gasteiger partial charge < -0.3 is 15.2 Å². The van der Waals surface area contributed by atoms with Crippen LogP contribution < -0.4 is 5.32 Å². The van der Waals surface area contributed by atoms with Crippen molar-refractivity contribution in [3.63, 3.8) is 0 Å². The number of aliphatic hydroxyl groups excluding tert-OH is 1. The van der Waals surface area contributed by atoms with Crippen molar-refractivity contribution in [2.24, 2.45) is 5.92 Å². The summed E-state index contributed by atoms with van der Waals surface area (Å²) in [6.45, 7) is 6.66. The van der Waals surface area contributed by atoms with Gasteiger partial charge in [-0.2, -0.15) is 0 Å². The lowest BCUT2D eigenvalue weighted by molar-refractivity contribution is 0.0344. The van der Waals surface area contributed by atoms with E-state index in [1.165, 1.54) is 25.7 Å². The van der Waals surface area contributed by atoms with Crippen molar-refractivity contribution in [1.82, 2.24) is 5.32 Å². The first-order valence-corrected chi connectivity index (χ1v) is 6.64. The molecule has 1 atom stereocenters. The van der Waals surface area contributed by atoms with Gasteiger partial charge in [0.2, 0.25) is 0 Å². The number of hydrogen-bond donors (Lipinski definition) is 2. The maximum atomic E-state index is 9.34. The summed E-state index contributed by atoms with van der Waals surface area (Å²) in [7, 11) is 0. The lowest BCUT2D eigenvalue weighted by atomic mass is 9.83. The first kappa shape index (κ1) is 13.9. The van der Waals surface area contributed by atoms with Crippen molar-refractivity contribution >= 4 is 0 Å². The zero-order valence-electron chi connectivity index (χ0n) is 10.8. The number of ether oxygens (including phenoxy) is 1. The molecule has 1 aliphatic rings. The molecule has 0 saturated heterocycles. The Bertz CT molecular complexity index is 183. The first-order chi connectivity index (χ1) is 7.70. The summed E-state index contributed by atoms with van der Waals surface area (Å²) < 4.78 is 5.67. The Morgan fingerprint density at radius 1 is 1.44 bits per heavy atom. The molecule has 0 aromatic heterocycles. The molecule has 1 unspecified atom stereocenters. The number of rotatable bonds is 9. The van der Waals surface area contributed by atoms with Gasteiger partial charge >= 0.3 is 0 Å². The summed E-state index contributed by atoms with van der Waals surface area (Å²) in [5.74, 6) is 0.906. The maximum absolute atomic E-state index is 9.34. The van der Waals surface area contributed by atoms with Crippen LogP contribution in [0.3, 0.4) is 0 Å². The van der Waals surface area contributed by atoms with Crippen LogP contribution >= 0.6 is 0 Å². The number of nitrogens with one attached hydrogen (secondary N) is 1. The van der Waals surface area contributed by atoms with Gasteiger partial charge in [0.15, 0.2) is 0 Å². The normalized spacial score (nSPS) is 20.4. The molecule has 1 saturated carbocycles. The standard InChI is InChI=1S/C13H27NO2/c1-3-8-14-13(2,10-15)11-16-9-7-12-5-4-6-12/h12,14-15H,3-11H2,1-2H3. The van der Waals surface area contributed by atoms with Crippen LogP contribution in [0.1, 0.15) is 46.0 Å². The van der Waals surface area contributed by atoms with E-state index >= 15 is 0 Å². The van der Waals surface area contributed by atoms with Crippen molar-refractivity contribution in [1.29, 1.82) is 0 Å². The maximum Gasteiger partial charge on any atom is 0.0668 e. The summed E-state index contributed by atoms with van der Waals surface area (Å²) >= 11 is 0. The van der Waals surface area contributed by atoms with Crippen LogP contribution in [0.4, 0.5) is 0 Å². The molecular formula is C13H27NO2. The Balaban J connectivity index is 2.06. The second-order valence-corrected chi connectivity index (χ2v) is 5.28. The van der Waals surface area contributed by atoms with Gasteiger partial charge in [-0.15, -0.1) is 0 Å². The van der Waals surface area contributed by atoms with Gasteiger partial charge in [0.05, 0.1) is 18.8 Å². The van der Waals surface area contributed by atoms with E-state index in [0.29, 0.717) is 6.61 Å². The quantitative estimate of drug-likeness (QED) is 0.594. The summed E-state index contributed by atoms with van der Waals surface area (Å²) in [4.78, 5) is 0. The fourth-order valence-electron chi connectivity index (χ4n) is 1.91. The average Bonchev–Trinajstić information content (AvgIpc) is 2.24. The van der Waals surface area contributed by atoms with Crippen LogP contribution in [0.2, 0.25) is 0 Å². The predicted octanol–water partition coefficient (Wildman–Crippen LogP) is 1.94. The smallest absolute Gasteiger partial charge is 0.0668 e. The molecule has 1 fully saturated rings. The molecule has 0 aromatic rings. The molecular weight excluding hydrogens is 202 g/mol. The highest BCUT2D eigenvalue weighted by molar-refractivity contribution is 4.81. The topological polar surface area (TPSA) is 41.5 Å². The summed E-state index contributed by atoms with van der Waals surface area (Å²) in [6.07, 6.45) is 6.44. The van der Waals surface area contributed by atoms with E-state index in [1.54, 1.807) is 0 Å². The van der Waals surface area contributed by atoms with Crippen LogP contribution in [0.5, 0.6) is 0 Å². The van der Waals surface area contributed by atoms with Gasteiger partial charge in [-0.1, -0.05) is 26.2 Å². The SMILES string of the molecule is CCCNC(C)(CO)COCCC1CCC1. The first-order valence-electron chi connectivity index (χ1n) is 6.64. The molecule has 3 heteroatoms. The van der Waals surface area contributed by atoms with Crippen molar-refractivity contribution in [3.8, 4) is 0 Å². The molecule has 2 N–H and O–H groups in total. The van der Waals surface area contributed by atoms with E-state index < -0.39 is 0 Å². The Morgan fingerprint density at radius 2 is 2.19 bits per heavy atom. The van der Waals surface area contributed by atoms with E-state index in [9.17, 15) is 5.11 Å². The van der Waals surface area contributed by atoms with E-state index in [4.69, 9.17) is 4.74 Å². The Hall–Kier alpha value is -0.120. The van der Waals surface area contributed by atoms with E-state index in [1.807, 2.05) is 6.92 Å². The van der Waals surface area contributed by atoms with Crippen molar-refractivity contribution in [2.75, 3.05) is 26.4 Å². The van der Waals surface area contributed by atoms with E-state index in [-0.39, 0.29) is 12.1 Å². The summed E-state index contributed by atoms with van der Waals surface area (Å²) in [5, 5.41) is 12.7. The van der Waals surface area contributed by atoms with Crippen LogP contribution in [-0.4, -0.2) is 37.0 Å². The zero-order valence-corrected chi connectivity index (χ0v) is 10.8. The van der Waals surface area contributed by atoms with Crippen LogP contribution in [0.15, 0.2) is 0 Å². The van der Waals surface area contributed by atoms with Crippen molar-refractivity contribution < 1.29 is 9.84 Å². The van der Waals surface area contributed by atoms with Gasteiger partial charge in [0.25, 0.3) is 0 Å². The summed E-state index contributed by atoms with van der Waals surface area (Å²) in [6, 6.07) is 0. The molecule has 96 valence electrons. The molecule has 0 aliphatic heterocycles. The largest absolute Gasteiger partial charge is 0.394 e. The predicted molar refractivity (Wildman–Crippen MR) is 66.6 cm³/mol. The second-order valence-electron chi connectivity index (χ2n) is 5.28. The molecule has 0 radical (unpaired) electrons. The van der Waals surface area contributed by atoms with Gasteiger partial charge in [0.1, 0.15) is 0 Å². The van der Waals surface area contributed by atoms with Gasteiger partial charge in [0, 0.05) is 6.61 Å². The van der Waals surface area contributed by atoms with Crippen molar-refractivity contribution in [2.45, 2.75) is 51.5 Å². The van der Waals surface area contributed by atoms with Crippen LogP contribution in [0, 0.1) is 5.92 Å². The molecule has 0 heterocycles. The molecule has 16 heavy (non-hydrogen) atoms. The highest BCUT2D eigenvalue weighted by Crippen LogP contribution is 2.29. The number of aliphatic hydroxyl groups is 1. The zero-order chi connectivity index (χ0) is 11.9. The highest BCUT2D eigenvalue weighted by atomic mass is 16.5. The monoisotopic (exact) mass is 229 g/mol. The third kappa shape index (κ3) is 4.81. The Kier molecular flexibility index (Phi) is 6.32. The fourth-order valence-corrected chi connectivity index (χ4v) is 1.91. The molecule has 1 aliphatic carbocycles. The Morgan fingerprint density at radius 3 is 2.69 bits per heavy atom. The molecule has 0 spiro atoms. The fraction of sp³-hybridized carbons (Fsp3) is 1.00. The van der Waals surface area contributed by atoms with Crippen molar-refractivity contribution in [3.05, 3.63) is 0 Å². The third-order valence-electron chi connectivity index (χ3n) is 3.47. The summed E-state index contributed by atoms with van der Waals surface area (Å²) in [5.41, 5.74) is -0.268. The van der Waals surface area contributed by atoms with E-state index in [0.717, 1.165) is 25.5 Å². The molecule has 0 bridgehead atoms. The highest BCUT2D eigenvalue weighted by Gasteiger charge is 2.23. The minimum atomic E-state index is -0.268. The minimum Gasteiger partial charge on any atom is -0.394 e. The lowest BCUT2D eigenvalue weighted by Crippen LogP contribution is -2.50. The third-order valence-corrected chi connectivity index (χ3v) is 3.47. The van der Waals surface area contributed by atoms with Crippen LogP contribution in [0.25, 0.3) is 0 Å². The van der Waals surface area contributed by atoms with Gasteiger partial charge in [-0.3, -0.25) is 0 Å². The van der Waals surface area contributed by atoms with Crippen LogP contribution in [-0.2, 0) is 4.74 Å². The second kappa shape index (κ2) is 7.25. The minimum absolute atomic E-state index is 0.135. The van der Waals surface area contributed by atoms with E-state index in [2.05, 4.69) is 12.2 Å². The van der Waals surface area contributed by atoms with Gasteiger partial charge in [-0.25, -0.2) is 0 Å². The average molecular weight is 229 g/mol. The lowest BCUT2D eigenvalue weighted by Gasteiger charge is -2.30. The number of hydrogen-bond acceptors (Lipinski definition) is 3. The van der Waals surface area contributed by atoms with Gasteiger partial charge in [-0.05, 0) is 32.2 Å². The molecule has 3 nitrogen and oxygen atoms in total. The molecule has 1 rings (SSSR count). The molecule has 0 aromatic carbocycles.